The summed E-state index contributed by atoms with van der Waals surface area (Å²) < 4.78 is 2.19. The molecule has 5 heteroatoms. The van der Waals surface area contributed by atoms with Gasteiger partial charge in [-0.2, -0.15) is 5.26 Å². The van der Waals surface area contributed by atoms with Crippen LogP contribution >= 0.6 is 0 Å². The van der Waals surface area contributed by atoms with Crippen LogP contribution in [0.25, 0.3) is 16.7 Å². The summed E-state index contributed by atoms with van der Waals surface area (Å²) in [5, 5.41) is 9.82. The van der Waals surface area contributed by atoms with Gasteiger partial charge in [-0.25, -0.2) is 4.98 Å². The first-order valence-corrected chi connectivity index (χ1v) is 9.15. The molecule has 5 nitrogen and oxygen atoms in total. The number of nitrogens with one attached hydrogen (secondary N) is 1. The first-order valence-electron chi connectivity index (χ1n) is 9.15. The van der Waals surface area contributed by atoms with E-state index >= 15 is 0 Å². The number of benzene rings is 1. The molecule has 3 aromatic rings. The molecular formula is C21H24N5+. The van der Waals surface area contributed by atoms with Crippen LogP contribution in [-0.2, 0) is 6.42 Å². The number of allylic oxidation sites excluding steroid dienone is 1. The maximum Gasteiger partial charge on any atom is 0.157 e. The van der Waals surface area contributed by atoms with Crippen molar-refractivity contribution < 1.29 is 4.90 Å². The van der Waals surface area contributed by atoms with Gasteiger partial charge in [0, 0.05) is 5.56 Å². The molecule has 0 unspecified atom stereocenters. The minimum Gasteiger partial charge on any atom is -0.346 e. The summed E-state index contributed by atoms with van der Waals surface area (Å²) in [5.74, 6) is 1.18. The maximum atomic E-state index is 9.82. The second kappa shape index (κ2) is 6.47. The van der Waals surface area contributed by atoms with Gasteiger partial charge >= 0.3 is 0 Å². The Balaban J connectivity index is 2.10. The van der Waals surface area contributed by atoms with Gasteiger partial charge in [0.15, 0.2) is 5.65 Å². The van der Waals surface area contributed by atoms with Gasteiger partial charge in [0.1, 0.15) is 11.9 Å². The predicted octanol–water partition coefficient (Wildman–Crippen LogP) is 1.73. The second-order valence-corrected chi connectivity index (χ2v) is 7.11. The van der Waals surface area contributed by atoms with E-state index < -0.39 is 0 Å². The zero-order valence-electron chi connectivity index (χ0n) is 15.4. The fourth-order valence-corrected chi connectivity index (χ4v) is 3.98. The number of pyridine rings is 1. The van der Waals surface area contributed by atoms with Crippen molar-refractivity contribution in [3.8, 4) is 6.07 Å². The highest BCUT2D eigenvalue weighted by atomic mass is 15.3. The van der Waals surface area contributed by atoms with E-state index in [1.807, 2.05) is 31.2 Å². The first kappa shape index (κ1) is 16.6. The van der Waals surface area contributed by atoms with Gasteiger partial charge in [0.2, 0.25) is 0 Å². The Morgan fingerprint density at radius 1 is 1.31 bits per heavy atom. The molecule has 0 bridgehead atoms. The fraction of sp³-hybridized carbons (Fsp3) is 0.333. The fourth-order valence-electron chi connectivity index (χ4n) is 3.98. The number of quaternary nitrogens is 1. The van der Waals surface area contributed by atoms with E-state index in [4.69, 9.17) is 4.98 Å². The Bertz CT molecular complexity index is 1030. The number of rotatable bonds is 3. The van der Waals surface area contributed by atoms with E-state index in [1.54, 1.807) is 4.90 Å². The third kappa shape index (κ3) is 2.46. The summed E-state index contributed by atoms with van der Waals surface area (Å²) >= 11 is 0. The smallest absolute Gasteiger partial charge is 0.157 e. The molecule has 3 heterocycles. The number of nitrogens with zero attached hydrogens (tertiary/aromatic N) is 4. The highest BCUT2D eigenvalue weighted by Gasteiger charge is 2.26. The van der Waals surface area contributed by atoms with Crippen LogP contribution < -0.4 is 9.80 Å². The van der Waals surface area contributed by atoms with Crippen LogP contribution in [-0.4, -0.2) is 42.6 Å². The van der Waals surface area contributed by atoms with Crippen molar-refractivity contribution >= 4 is 22.5 Å². The molecular weight excluding hydrogens is 322 g/mol. The Labute approximate surface area is 153 Å². The Hall–Kier alpha value is -2.84. The van der Waals surface area contributed by atoms with Crippen LogP contribution in [0.3, 0.4) is 0 Å². The van der Waals surface area contributed by atoms with Gasteiger partial charge in [-0.1, -0.05) is 18.2 Å². The molecule has 132 valence electrons. The zero-order chi connectivity index (χ0) is 18.3. The van der Waals surface area contributed by atoms with Crippen molar-refractivity contribution in [2.24, 2.45) is 0 Å². The highest BCUT2D eigenvalue weighted by Crippen LogP contribution is 2.33. The molecule has 1 aromatic carbocycles. The molecule has 0 amide bonds. The number of piperazine rings is 1. The Morgan fingerprint density at radius 3 is 2.73 bits per heavy atom. The summed E-state index contributed by atoms with van der Waals surface area (Å²) in [6.45, 7) is 10.2. The molecule has 2 aromatic heterocycles. The second-order valence-electron chi connectivity index (χ2n) is 7.11. The summed E-state index contributed by atoms with van der Waals surface area (Å²) in [6, 6.07) is 10.5. The van der Waals surface area contributed by atoms with Gasteiger partial charge in [0.05, 0.1) is 49.8 Å². The average molecular weight is 346 g/mol. The maximum absolute atomic E-state index is 9.82. The van der Waals surface area contributed by atoms with Crippen LogP contribution in [0.2, 0.25) is 0 Å². The van der Waals surface area contributed by atoms with Crippen molar-refractivity contribution in [2.75, 3.05) is 38.1 Å². The van der Waals surface area contributed by atoms with Crippen LogP contribution in [0.5, 0.6) is 0 Å². The molecule has 0 spiro atoms. The minimum absolute atomic E-state index is 0.668. The summed E-state index contributed by atoms with van der Waals surface area (Å²) in [4.78, 5) is 8.82. The molecule has 1 N–H and O–H groups in total. The Kier molecular flexibility index (Phi) is 4.14. The Morgan fingerprint density at radius 2 is 2.04 bits per heavy atom. The van der Waals surface area contributed by atoms with Crippen LogP contribution in [0.1, 0.15) is 16.7 Å². The molecule has 0 radical (unpaired) electrons. The number of likely N-dealkylation sites (N-methyl/N-ethyl adjacent to an activating group) is 1. The number of para-hydroxylation sites is 2. The summed E-state index contributed by atoms with van der Waals surface area (Å²) in [6.07, 6.45) is 2.68. The molecule has 4 rings (SSSR count). The number of nitriles is 1. The topological polar surface area (TPSA) is 48.8 Å². The molecule has 1 aliphatic rings. The van der Waals surface area contributed by atoms with Gasteiger partial charge in [0.25, 0.3) is 0 Å². The third-order valence-electron chi connectivity index (χ3n) is 5.47. The van der Waals surface area contributed by atoms with E-state index in [2.05, 4.69) is 35.1 Å². The summed E-state index contributed by atoms with van der Waals surface area (Å²) in [5.41, 5.74) is 5.64. The molecule has 1 saturated heterocycles. The number of fused-ring (bicyclic) bond motifs is 3. The summed E-state index contributed by atoms with van der Waals surface area (Å²) in [7, 11) is 2.24. The van der Waals surface area contributed by atoms with Gasteiger partial charge in [-0.15, -0.1) is 6.58 Å². The van der Waals surface area contributed by atoms with E-state index in [9.17, 15) is 5.26 Å². The van der Waals surface area contributed by atoms with E-state index in [0.717, 1.165) is 54.8 Å². The van der Waals surface area contributed by atoms with Gasteiger partial charge in [-0.05, 0) is 31.0 Å². The number of hydrogen-bond acceptors (Lipinski definition) is 3. The average Bonchev–Trinajstić information content (AvgIpc) is 3.02. The number of aromatic nitrogens is 2. The van der Waals surface area contributed by atoms with Crippen LogP contribution in [0.15, 0.2) is 36.9 Å². The number of imidazole rings is 1. The standard InChI is InChI=1S/C21H23N5/c1-4-7-16-15(2)17(14-22)20-23-18-8-5-6-9-19(18)26(20)21(16)25-12-10-24(3)11-13-25/h4-6,8-9H,1,7,10-13H2,2-3H3/p+1. The molecule has 0 saturated carbocycles. The third-order valence-corrected chi connectivity index (χ3v) is 5.47. The molecule has 1 fully saturated rings. The van der Waals surface area contributed by atoms with Crippen LogP contribution in [0, 0.1) is 18.3 Å². The monoisotopic (exact) mass is 346 g/mol. The number of anilines is 1. The van der Waals surface area contributed by atoms with E-state index in [0.29, 0.717) is 5.56 Å². The molecule has 0 aliphatic carbocycles. The number of hydrogen-bond donors (Lipinski definition) is 1. The lowest BCUT2D eigenvalue weighted by atomic mass is 10.0. The molecule has 0 atom stereocenters. The molecule has 1 aliphatic heterocycles. The SMILES string of the molecule is C=CCc1c(C)c(C#N)c2nc3ccccc3n2c1N1CC[NH+](C)CC1. The lowest BCUT2D eigenvalue weighted by Crippen LogP contribution is -3.12. The van der Waals surface area contributed by atoms with E-state index in [-0.39, 0.29) is 0 Å². The van der Waals surface area contributed by atoms with Gasteiger partial charge in [-0.3, -0.25) is 4.40 Å². The van der Waals surface area contributed by atoms with Crippen molar-refractivity contribution in [1.82, 2.24) is 9.38 Å². The van der Waals surface area contributed by atoms with Crippen molar-refractivity contribution in [3.05, 3.63) is 53.6 Å². The van der Waals surface area contributed by atoms with Crippen LogP contribution in [0.4, 0.5) is 5.82 Å². The molecule has 26 heavy (non-hydrogen) atoms. The van der Waals surface area contributed by atoms with Gasteiger partial charge < -0.3 is 9.80 Å². The first-order chi connectivity index (χ1) is 12.7. The minimum atomic E-state index is 0.668. The van der Waals surface area contributed by atoms with E-state index in [1.165, 1.54) is 11.4 Å². The quantitative estimate of drug-likeness (QED) is 0.735. The lowest BCUT2D eigenvalue weighted by Gasteiger charge is -2.34. The normalized spacial score (nSPS) is 15.5. The lowest BCUT2D eigenvalue weighted by molar-refractivity contribution is -0.880. The largest absolute Gasteiger partial charge is 0.346 e. The van der Waals surface area contributed by atoms with Crippen molar-refractivity contribution in [1.29, 1.82) is 5.26 Å². The predicted molar refractivity (Wildman–Crippen MR) is 105 cm³/mol. The highest BCUT2D eigenvalue weighted by molar-refractivity contribution is 5.86. The van der Waals surface area contributed by atoms with Crippen molar-refractivity contribution in [3.63, 3.8) is 0 Å². The van der Waals surface area contributed by atoms with Crippen molar-refractivity contribution in [2.45, 2.75) is 13.3 Å². The zero-order valence-corrected chi connectivity index (χ0v) is 15.4.